The number of hydrogen-bond acceptors (Lipinski definition) is 20. The Balaban J connectivity index is 0.932. The molecule has 6 heterocycles. The number of benzene rings is 11. The topological polar surface area (TPSA) is 482 Å². The minimum Gasteiger partial charge on any atom is -0.457 e. The highest BCUT2D eigenvalue weighted by atomic mass is 16.5. The molecule has 2 aliphatic heterocycles. The molecule has 34 heteroatoms. The average Bonchev–Trinajstić information content (AvgIpc) is 0.864. The summed E-state index contributed by atoms with van der Waals surface area (Å²) in [5.41, 5.74) is 32.8. The molecule has 15 aromatic rings. The minimum absolute atomic E-state index is 0.103. The van der Waals surface area contributed by atoms with Crippen LogP contribution in [0.25, 0.3) is 43.1 Å². The van der Waals surface area contributed by atoms with Crippen molar-refractivity contribution in [2.24, 2.45) is 22.9 Å². The number of rotatable bonds is 34. The van der Waals surface area contributed by atoms with Gasteiger partial charge in [-0.2, -0.15) is 0 Å². The fourth-order valence-corrected chi connectivity index (χ4v) is 17.0. The Bertz CT molecular complexity index is 6150. The third-order valence-electron chi connectivity index (χ3n) is 23.3. The summed E-state index contributed by atoms with van der Waals surface area (Å²) < 4.78 is 37.0. The number of nitrogens with one attached hydrogen (secondary N) is 8. The van der Waals surface area contributed by atoms with E-state index in [2.05, 4.69) is 62.5 Å². The highest BCUT2D eigenvalue weighted by Gasteiger charge is 2.45. The van der Waals surface area contributed by atoms with E-state index >= 15 is 19.2 Å². The number of aromatic nitrogens is 12. The van der Waals surface area contributed by atoms with Gasteiger partial charge in [0.05, 0.1) is 84.6 Å². The lowest BCUT2D eigenvalue weighted by Gasteiger charge is -2.35. The van der Waals surface area contributed by atoms with Crippen LogP contribution in [0.2, 0.25) is 0 Å². The van der Waals surface area contributed by atoms with E-state index in [4.69, 9.17) is 63.5 Å². The second-order valence-electron chi connectivity index (χ2n) is 33.7. The van der Waals surface area contributed by atoms with Crippen LogP contribution in [-0.2, 0) is 78.0 Å². The Morgan fingerprint density at radius 2 is 0.531 bits per heavy atom. The van der Waals surface area contributed by atoms with Gasteiger partial charge in [0.15, 0.2) is 23.8 Å². The lowest BCUT2D eigenvalue weighted by molar-refractivity contribution is 0.0877. The van der Waals surface area contributed by atoms with Crippen LogP contribution in [0.1, 0.15) is 188 Å². The zero-order valence-electron chi connectivity index (χ0n) is 73.0. The number of guanidine groups is 4. The van der Waals surface area contributed by atoms with E-state index in [-0.39, 0.29) is 130 Å². The first-order valence-electron chi connectivity index (χ1n) is 43.0. The summed E-state index contributed by atoms with van der Waals surface area (Å²) in [6, 6.07) is 48.7. The predicted octanol–water partition coefficient (Wildman–Crippen LogP) is 14.3. The standard InChI is InChI=1S/C96H98N26O8/c1-51(2)67-11-9-12-68(52(3)4)87(67)121-89(123)71-39-75(127-63-23-15-55(16-24-63)31-35-117-47-59(109-113-117)43-105-93(97)98)81-83-77(129-65-27-19-57(20-28-65)33-37-119-49-61(111-115-119)45-107-95(101)102)41-73-80-74(92(126)122(91(73)125)88-69(53(5)6)13-10-14-70(88)54(7)8)42-78(130-66-29-21-58(22-30-66)34-38-120-50-62(112-116-120)46-108-96(103)104)84(86(80)83)82-76(40-72(90(121)124)79(71)85(81)82)128-64-25-17-56(18-26-64)32-36-118-48-60(110-114-118)44-106-94(99)100/h9-30,39-42,47-54H,31-38,43-46H2,1-8H3,(H4,97,98,105)(H4,99,100,106)(H4,101,102,107)(H4,103,104,108). The average molecular weight is 1740 g/mol. The molecule has 0 fully saturated rings. The molecule has 130 heavy (non-hydrogen) atoms. The second kappa shape index (κ2) is 36.1. The van der Waals surface area contributed by atoms with Crippen LogP contribution in [0.5, 0.6) is 46.0 Å². The van der Waals surface area contributed by atoms with E-state index in [1.165, 1.54) is 9.80 Å². The molecule has 11 aromatic carbocycles. The lowest BCUT2D eigenvalue weighted by Crippen LogP contribution is -2.42. The molecule has 0 atom stereocenters. The number of amides is 4. The number of para-hydroxylation sites is 2. The van der Waals surface area contributed by atoms with Crippen LogP contribution in [0.15, 0.2) is 183 Å². The first-order valence-corrected chi connectivity index (χ1v) is 43.0. The lowest BCUT2D eigenvalue weighted by atomic mass is 9.80. The van der Waals surface area contributed by atoms with Gasteiger partial charge in [0.1, 0.15) is 68.8 Å². The van der Waals surface area contributed by atoms with Crippen molar-refractivity contribution in [2.75, 3.05) is 9.80 Å². The van der Waals surface area contributed by atoms with Crippen LogP contribution < -0.4 is 72.9 Å². The number of nitrogens with zero attached hydrogens (tertiary/aromatic N) is 14. The number of imide groups is 2. The Hall–Kier alpha value is -16.2. The summed E-state index contributed by atoms with van der Waals surface area (Å²) in [5, 5.41) is 78.6. The summed E-state index contributed by atoms with van der Waals surface area (Å²) in [5.74, 6) is -2.18. The van der Waals surface area contributed by atoms with E-state index in [0.29, 0.717) is 141 Å². The highest BCUT2D eigenvalue weighted by Crippen LogP contribution is 2.59. The summed E-state index contributed by atoms with van der Waals surface area (Å²) in [6.45, 7) is 18.9. The minimum atomic E-state index is -0.635. The largest absolute Gasteiger partial charge is 0.457 e. The summed E-state index contributed by atoms with van der Waals surface area (Å²) in [4.78, 5) is 70.4. The normalized spacial score (nSPS) is 12.6. The molecular weight excluding hydrogens is 1650 g/mol. The third kappa shape index (κ3) is 17.5. The Morgan fingerprint density at radius 3 is 0.731 bits per heavy atom. The number of hydrogen-bond donors (Lipinski definition) is 12. The number of anilines is 2. The van der Waals surface area contributed by atoms with Gasteiger partial charge in [0, 0.05) is 69.3 Å². The van der Waals surface area contributed by atoms with Crippen molar-refractivity contribution in [3.63, 3.8) is 0 Å². The number of carbonyl (C=O) groups is 4. The number of carbonyl (C=O) groups excluding carboxylic acids is 4. The number of ether oxygens (including phenoxy) is 4. The van der Waals surface area contributed by atoms with Crippen LogP contribution in [0.4, 0.5) is 11.4 Å². The van der Waals surface area contributed by atoms with Crippen molar-refractivity contribution in [1.82, 2.24) is 81.2 Å². The molecule has 0 spiro atoms. The predicted molar refractivity (Wildman–Crippen MR) is 495 cm³/mol. The molecule has 660 valence electrons. The molecule has 4 aromatic heterocycles. The molecule has 0 aliphatic carbocycles. The van der Waals surface area contributed by atoms with Gasteiger partial charge in [0.25, 0.3) is 23.6 Å². The maximum Gasteiger partial charge on any atom is 0.266 e. The van der Waals surface area contributed by atoms with E-state index in [0.717, 1.165) is 44.5 Å². The zero-order chi connectivity index (χ0) is 91.0. The van der Waals surface area contributed by atoms with Gasteiger partial charge in [-0.1, -0.05) is 161 Å². The van der Waals surface area contributed by atoms with Gasteiger partial charge in [-0.25, -0.2) is 9.80 Å². The van der Waals surface area contributed by atoms with Crippen molar-refractivity contribution < 1.29 is 38.1 Å². The molecule has 34 nitrogen and oxygen atoms in total. The quantitative estimate of drug-likeness (QED) is 0.00586. The molecule has 0 bridgehead atoms. The Labute approximate surface area is 746 Å². The molecule has 16 N–H and O–H groups in total. The van der Waals surface area contributed by atoms with Gasteiger partial charge < -0.3 is 63.1 Å². The monoisotopic (exact) mass is 1740 g/mol. The first kappa shape index (κ1) is 86.0. The molecule has 0 saturated carbocycles. The maximum absolute atomic E-state index is 16.9. The van der Waals surface area contributed by atoms with Crippen molar-refractivity contribution in [2.45, 2.75) is 157 Å². The summed E-state index contributed by atoms with van der Waals surface area (Å²) in [7, 11) is 0. The van der Waals surface area contributed by atoms with Gasteiger partial charge >= 0.3 is 0 Å². The Morgan fingerprint density at radius 1 is 0.315 bits per heavy atom. The molecule has 0 radical (unpaired) electrons. The zero-order valence-corrected chi connectivity index (χ0v) is 73.0. The highest BCUT2D eigenvalue weighted by molar-refractivity contribution is 6.48. The SMILES string of the molecule is CC(C)c1cccc(C(C)C)c1N1C(=O)c2cc(Oc3ccc(CCn4cc(CNC(=N)N)nn4)cc3)c3c4c(Oc5ccc(CCn6cc(CNC(=N)N)nn6)cc5)cc5c6c(cc(Oc7ccc(CCn8cc(CNC(=N)N)nn8)cc7)c(c7c(Oc8ccc(CCn9cc(CNC(=N)N)nn9)cc8)cc(c2c37)C1=O)c64)C(=O)N(c1c(C(C)C)cccc1C(C)C)C5=O. The molecule has 2 aliphatic rings. The number of nitrogens with two attached hydrogens (primary N) is 4. The summed E-state index contributed by atoms with van der Waals surface area (Å²) >= 11 is 0. The van der Waals surface area contributed by atoms with E-state index in [9.17, 15) is 0 Å². The fraction of sp³-hybridized carbons (Fsp3) is 0.250. The smallest absolute Gasteiger partial charge is 0.266 e. The second-order valence-corrected chi connectivity index (χ2v) is 33.7. The maximum atomic E-state index is 16.9. The fourth-order valence-electron chi connectivity index (χ4n) is 17.0. The number of aryl methyl sites for hydroxylation is 8. The molecule has 0 unspecified atom stereocenters. The molecule has 4 amide bonds. The van der Waals surface area contributed by atoms with Crippen LogP contribution in [0.3, 0.4) is 0 Å². The molecule has 17 rings (SSSR count). The van der Waals surface area contributed by atoms with E-state index in [1.807, 2.05) is 189 Å². The first-order chi connectivity index (χ1) is 62.6. The van der Waals surface area contributed by atoms with Crippen molar-refractivity contribution in [3.8, 4) is 46.0 Å². The van der Waals surface area contributed by atoms with Gasteiger partial charge in [-0.3, -0.25) is 59.5 Å². The molecule has 0 saturated heterocycles. The van der Waals surface area contributed by atoms with Crippen molar-refractivity contribution in [3.05, 3.63) is 272 Å². The summed E-state index contributed by atoms with van der Waals surface area (Å²) in [6.07, 6.45) is 9.21. The van der Waals surface area contributed by atoms with Crippen LogP contribution in [-0.4, -0.2) is 107 Å². The van der Waals surface area contributed by atoms with Gasteiger partial charge in [0.2, 0.25) is 0 Å². The third-order valence-corrected chi connectivity index (χ3v) is 23.3. The molecular formula is C96H98N26O8. The van der Waals surface area contributed by atoms with Crippen molar-refractivity contribution >= 4 is 102 Å². The van der Waals surface area contributed by atoms with Crippen molar-refractivity contribution in [1.29, 1.82) is 21.6 Å². The Kier molecular flexibility index (Phi) is 23.9. The van der Waals surface area contributed by atoms with E-state index in [1.54, 1.807) is 67.8 Å². The van der Waals surface area contributed by atoms with Crippen LogP contribution >= 0.6 is 0 Å². The number of fused-ring (bicyclic) bond motifs is 2. The van der Waals surface area contributed by atoms with Gasteiger partial charge in [-0.05, 0) is 167 Å². The van der Waals surface area contributed by atoms with E-state index < -0.39 is 23.6 Å². The van der Waals surface area contributed by atoms with Gasteiger partial charge in [-0.15, -0.1) is 20.4 Å². The van der Waals surface area contributed by atoms with Crippen LogP contribution in [0, 0.1) is 21.6 Å².